The van der Waals surface area contributed by atoms with Crippen LogP contribution in [0.3, 0.4) is 0 Å². The van der Waals surface area contributed by atoms with Gasteiger partial charge < -0.3 is 10.3 Å². The number of benzene rings is 2. The van der Waals surface area contributed by atoms with Crippen molar-refractivity contribution >= 4 is 22.7 Å². The van der Waals surface area contributed by atoms with Gasteiger partial charge in [0.05, 0.1) is 17.6 Å². The van der Waals surface area contributed by atoms with E-state index in [-0.39, 0.29) is 24.5 Å². The van der Waals surface area contributed by atoms with Crippen molar-refractivity contribution in [1.29, 1.82) is 0 Å². The molecular formula is C21H21N3O2. The number of aryl methyl sites for hydroxylation is 2. The first-order valence-corrected chi connectivity index (χ1v) is 9.04. The zero-order valence-corrected chi connectivity index (χ0v) is 14.5. The molecule has 1 aliphatic rings. The predicted octanol–water partition coefficient (Wildman–Crippen LogP) is 3.33. The van der Waals surface area contributed by atoms with Crippen LogP contribution in [-0.4, -0.2) is 21.7 Å². The quantitative estimate of drug-likeness (QED) is 0.672. The Balaban J connectivity index is 1.29. The molecule has 0 spiro atoms. The number of imidazole rings is 1. The lowest BCUT2D eigenvalue weighted by molar-refractivity contribution is -0.121. The lowest BCUT2D eigenvalue weighted by Gasteiger charge is -2.05. The third kappa shape index (κ3) is 3.52. The molecule has 1 aromatic heterocycles. The molecule has 0 saturated heterocycles. The Morgan fingerprint density at radius 2 is 1.88 bits per heavy atom. The maximum Gasteiger partial charge on any atom is 0.220 e. The van der Waals surface area contributed by atoms with Gasteiger partial charge >= 0.3 is 0 Å². The summed E-state index contributed by atoms with van der Waals surface area (Å²) < 4.78 is 0. The first-order chi connectivity index (χ1) is 12.7. The molecule has 5 heteroatoms. The minimum absolute atomic E-state index is 0.0265. The van der Waals surface area contributed by atoms with E-state index >= 15 is 0 Å². The van der Waals surface area contributed by atoms with Crippen molar-refractivity contribution < 1.29 is 9.59 Å². The molecule has 0 saturated carbocycles. The Hall–Kier alpha value is -2.95. The van der Waals surface area contributed by atoms with Crippen molar-refractivity contribution in [2.75, 3.05) is 0 Å². The second-order valence-corrected chi connectivity index (χ2v) is 6.74. The lowest BCUT2D eigenvalue weighted by atomic mass is 10.0. The van der Waals surface area contributed by atoms with Crippen molar-refractivity contribution in [1.82, 2.24) is 15.3 Å². The van der Waals surface area contributed by atoms with E-state index in [9.17, 15) is 9.59 Å². The van der Waals surface area contributed by atoms with Gasteiger partial charge in [-0.2, -0.15) is 0 Å². The Morgan fingerprint density at radius 3 is 2.77 bits per heavy atom. The van der Waals surface area contributed by atoms with Gasteiger partial charge in [-0.05, 0) is 48.6 Å². The molecule has 132 valence electrons. The molecule has 26 heavy (non-hydrogen) atoms. The van der Waals surface area contributed by atoms with Crippen molar-refractivity contribution in [3.8, 4) is 0 Å². The minimum atomic E-state index is -0.139. The van der Waals surface area contributed by atoms with E-state index in [1.165, 1.54) is 11.1 Å². The number of hydrogen-bond acceptors (Lipinski definition) is 3. The molecule has 3 aromatic rings. The van der Waals surface area contributed by atoms with Crippen LogP contribution < -0.4 is 5.32 Å². The Kier molecular flexibility index (Phi) is 4.52. The SMILES string of the molecule is O=C(CCC(=O)c1ccc2c(c1)CCC2)NCc1nc2ccccc2[nH]1. The number of aromatic amines is 1. The van der Waals surface area contributed by atoms with Gasteiger partial charge in [0.25, 0.3) is 0 Å². The fourth-order valence-electron chi connectivity index (χ4n) is 3.48. The molecule has 0 aliphatic heterocycles. The second-order valence-electron chi connectivity index (χ2n) is 6.74. The third-order valence-electron chi connectivity index (χ3n) is 4.89. The molecule has 1 aliphatic carbocycles. The Morgan fingerprint density at radius 1 is 1.04 bits per heavy atom. The number of carbonyl (C=O) groups is 2. The standard InChI is InChI=1S/C21H21N3O2/c25-19(16-9-8-14-4-3-5-15(14)12-16)10-11-21(26)22-13-20-23-17-6-1-2-7-18(17)24-20/h1-2,6-9,12H,3-5,10-11,13H2,(H,22,26)(H,23,24). The largest absolute Gasteiger partial charge is 0.349 e. The number of hydrogen-bond donors (Lipinski definition) is 2. The number of H-pyrrole nitrogens is 1. The fourth-order valence-corrected chi connectivity index (χ4v) is 3.48. The van der Waals surface area contributed by atoms with Crippen LogP contribution >= 0.6 is 0 Å². The summed E-state index contributed by atoms with van der Waals surface area (Å²) in [5.41, 5.74) is 5.18. The van der Waals surface area contributed by atoms with Gasteiger partial charge in [-0.1, -0.05) is 24.3 Å². The Bertz CT molecular complexity index is 941. The van der Waals surface area contributed by atoms with Crippen LogP contribution in [0.25, 0.3) is 11.0 Å². The smallest absolute Gasteiger partial charge is 0.220 e. The zero-order valence-electron chi connectivity index (χ0n) is 14.5. The highest BCUT2D eigenvalue weighted by Crippen LogP contribution is 2.23. The topological polar surface area (TPSA) is 74.8 Å². The van der Waals surface area contributed by atoms with E-state index in [1.807, 2.05) is 36.4 Å². The van der Waals surface area contributed by atoms with Crippen LogP contribution in [0.4, 0.5) is 0 Å². The summed E-state index contributed by atoms with van der Waals surface area (Å²) in [5, 5.41) is 2.82. The van der Waals surface area contributed by atoms with Crippen molar-refractivity contribution in [2.45, 2.75) is 38.6 Å². The molecule has 0 bridgehead atoms. The summed E-state index contributed by atoms with van der Waals surface area (Å²) >= 11 is 0. The molecule has 1 amide bonds. The lowest BCUT2D eigenvalue weighted by Crippen LogP contribution is -2.23. The number of fused-ring (bicyclic) bond motifs is 2. The van der Waals surface area contributed by atoms with Gasteiger partial charge in [-0.15, -0.1) is 0 Å². The second kappa shape index (κ2) is 7.12. The molecule has 0 fully saturated rings. The van der Waals surface area contributed by atoms with Crippen LogP contribution in [-0.2, 0) is 24.2 Å². The monoisotopic (exact) mass is 347 g/mol. The van der Waals surface area contributed by atoms with Crippen LogP contribution in [0.2, 0.25) is 0 Å². The van der Waals surface area contributed by atoms with Crippen molar-refractivity contribution in [2.24, 2.45) is 0 Å². The number of Topliss-reactive ketones (excluding diaryl/α,β-unsaturated/α-hetero) is 1. The number of ketones is 1. The van der Waals surface area contributed by atoms with Gasteiger partial charge in [-0.25, -0.2) is 4.98 Å². The van der Waals surface area contributed by atoms with Crippen LogP contribution in [0.1, 0.15) is 46.6 Å². The number of amides is 1. The highest BCUT2D eigenvalue weighted by atomic mass is 16.2. The number of para-hydroxylation sites is 2. The van der Waals surface area contributed by atoms with Crippen LogP contribution in [0.5, 0.6) is 0 Å². The number of rotatable bonds is 6. The average Bonchev–Trinajstić information content (AvgIpc) is 3.29. The number of nitrogens with one attached hydrogen (secondary N) is 2. The van der Waals surface area contributed by atoms with Gasteiger partial charge in [0.15, 0.2) is 5.78 Å². The van der Waals surface area contributed by atoms with Gasteiger partial charge in [0, 0.05) is 18.4 Å². The van der Waals surface area contributed by atoms with Gasteiger partial charge in [0.2, 0.25) is 5.91 Å². The highest BCUT2D eigenvalue weighted by molar-refractivity contribution is 5.98. The summed E-state index contributed by atoms with van der Waals surface area (Å²) in [6, 6.07) is 13.7. The maximum absolute atomic E-state index is 12.3. The van der Waals surface area contributed by atoms with E-state index in [0.29, 0.717) is 12.4 Å². The zero-order chi connectivity index (χ0) is 17.9. The summed E-state index contributed by atoms with van der Waals surface area (Å²) in [4.78, 5) is 32.0. The minimum Gasteiger partial charge on any atom is -0.349 e. The van der Waals surface area contributed by atoms with E-state index in [4.69, 9.17) is 0 Å². The third-order valence-corrected chi connectivity index (χ3v) is 4.89. The Labute approximate surface area is 151 Å². The first kappa shape index (κ1) is 16.5. The molecule has 2 aromatic carbocycles. The van der Waals surface area contributed by atoms with Gasteiger partial charge in [0.1, 0.15) is 5.82 Å². The average molecular weight is 347 g/mol. The number of aromatic nitrogens is 2. The van der Waals surface area contributed by atoms with E-state index < -0.39 is 0 Å². The molecule has 4 rings (SSSR count). The summed E-state index contributed by atoms with van der Waals surface area (Å²) in [6.45, 7) is 0.334. The molecule has 0 atom stereocenters. The van der Waals surface area contributed by atoms with E-state index in [1.54, 1.807) is 0 Å². The number of carbonyl (C=O) groups excluding carboxylic acids is 2. The molecule has 2 N–H and O–H groups in total. The maximum atomic E-state index is 12.3. The van der Waals surface area contributed by atoms with Crippen LogP contribution in [0.15, 0.2) is 42.5 Å². The summed E-state index contributed by atoms with van der Waals surface area (Å²) in [6.07, 6.45) is 3.74. The number of nitrogens with zero attached hydrogens (tertiary/aromatic N) is 1. The first-order valence-electron chi connectivity index (χ1n) is 9.04. The van der Waals surface area contributed by atoms with Crippen LogP contribution in [0, 0.1) is 0 Å². The highest BCUT2D eigenvalue weighted by Gasteiger charge is 2.15. The van der Waals surface area contributed by atoms with Crippen molar-refractivity contribution in [3.63, 3.8) is 0 Å². The molecule has 5 nitrogen and oxygen atoms in total. The molecule has 1 heterocycles. The predicted molar refractivity (Wildman–Crippen MR) is 100.0 cm³/mol. The van der Waals surface area contributed by atoms with E-state index in [2.05, 4.69) is 21.4 Å². The normalized spacial score (nSPS) is 12.9. The molecular weight excluding hydrogens is 326 g/mol. The summed E-state index contributed by atoms with van der Waals surface area (Å²) in [7, 11) is 0. The van der Waals surface area contributed by atoms with Crippen molar-refractivity contribution in [3.05, 3.63) is 65.0 Å². The molecule has 0 radical (unpaired) electrons. The fraction of sp³-hybridized carbons (Fsp3) is 0.286. The van der Waals surface area contributed by atoms with E-state index in [0.717, 1.165) is 35.9 Å². The summed E-state index contributed by atoms with van der Waals surface area (Å²) in [5.74, 6) is 0.600. The van der Waals surface area contributed by atoms with Gasteiger partial charge in [-0.3, -0.25) is 9.59 Å². The molecule has 0 unspecified atom stereocenters.